The van der Waals surface area contributed by atoms with Crippen molar-refractivity contribution in [3.63, 3.8) is 0 Å². The van der Waals surface area contributed by atoms with E-state index in [-0.39, 0.29) is 0 Å². The maximum Gasteiger partial charge on any atom is 0.164 e. The Kier molecular flexibility index (Phi) is 6.80. The predicted molar refractivity (Wildman–Crippen MR) is 200 cm³/mol. The van der Waals surface area contributed by atoms with Gasteiger partial charge in [-0.3, -0.25) is 0 Å². The average Bonchev–Trinajstić information content (AvgIpc) is 3.18. The fourth-order valence-corrected chi connectivity index (χ4v) is 6.54. The molecule has 0 saturated carbocycles. The Bertz CT molecular complexity index is 2540. The van der Waals surface area contributed by atoms with Gasteiger partial charge in [-0.25, -0.2) is 15.0 Å². The summed E-state index contributed by atoms with van der Waals surface area (Å²) in [6.45, 7) is 0. The molecule has 0 fully saturated rings. The van der Waals surface area contributed by atoms with Gasteiger partial charge in [-0.1, -0.05) is 152 Å². The van der Waals surface area contributed by atoms with Crippen molar-refractivity contribution in [3.8, 4) is 56.4 Å². The number of hydrogen-bond donors (Lipinski definition) is 0. The molecule has 0 saturated heterocycles. The first-order valence-electron chi connectivity index (χ1n) is 16.2. The monoisotopic (exact) mass is 611 g/mol. The molecule has 0 radical (unpaired) electrons. The normalized spacial score (nSPS) is 11.3. The number of aromatic nitrogens is 3. The van der Waals surface area contributed by atoms with E-state index in [1.807, 2.05) is 60.7 Å². The molecule has 3 nitrogen and oxygen atoms in total. The topological polar surface area (TPSA) is 38.7 Å². The summed E-state index contributed by atoms with van der Waals surface area (Å²) in [5.41, 5.74) is 7.72. The van der Waals surface area contributed by atoms with Crippen LogP contribution >= 0.6 is 0 Å². The van der Waals surface area contributed by atoms with Crippen LogP contribution in [0.25, 0.3) is 88.7 Å². The second-order valence-electron chi connectivity index (χ2n) is 12.1. The van der Waals surface area contributed by atoms with E-state index < -0.39 is 0 Å². The Balaban J connectivity index is 1.15. The smallest absolute Gasteiger partial charge is 0.164 e. The third kappa shape index (κ3) is 5.18. The van der Waals surface area contributed by atoms with Gasteiger partial charge in [-0.15, -0.1) is 0 Å². The van der Waals surface area contributed by atoms with Gasteiger partial charge in [0.2, 0.25) is 0 Å². The molecule has 1 heterocycles. The van der Waals surface area contributed by atoms with Crippen molar-refractivity contribution < 1.29 is 0 Å². The Morgan fingerprint density at radius 1 is 0.229 bits per heavy atom. The van der Waals surface area contributed by atoms with E-state index in [1.165, 1.54) is 54.6 Å². The van der Waals surface area contributed by atoms with Gasteiger partial charge in [-0.2, -0.15) is 0 Å². The fourth-order valence-electron chi connectivity index (χ4n) is 6.54. The zero-order valence-corrected chi connectivity index (χ0v) is 26.1. The number of benzene rings is 8. The number of rotatable bonds is 5. The van der Waals surface area contributed by atoms with Crippen LogP contribution in [-0.2, 0) is 0 Å². The maximum atomic E-state index is 4.98. The molecule has 0 unspecified atom stereocenters. The van der Waals surface area contributed by atoms with Crippen molar-refractivity contribution in [2.24, 2.45) is 0 Å². The van der Waals surface area contributed by atoms with E-state index in [4.69, 9.17) is 15.0 Å². The minimum atomic E-state index is 0.655. The van der Waals surface area contributed by atoms with E-state index in [1.54, 1.807) is 0 Å². The first-order chi connectivity index (χ1) is 23.7. The molecule has 0 aliphatic carbocycles. The van der Waals surface area contributed by atoms with Crippen molar-refractivity contribution in [1.29, 1.82) is 0 Å². The third-order valence-corrected chi connectivity index (χ3v) is 9.08. The van der Waals surface area contributed by atoms with Gasteiger partial charge < -0.3 is 0 Å². The molecule has 224 valence electrons. The van der Waals surface area contributed by atoms with Gasteiger partial charge in [0.25, 0.3) is 0 Å². The molecule has 8 aromatic carbocycles. The summed E-state index contributed by atoms with van der Waals surface area (Å²) < 4.78 is 0. The van der Waals surface area contributed by atoms with Gasteiger partial charge in [0, 0.05) is 16.7 Å². The Morgan fingerprint density at radius 3 is 1.06 bits per heavy atom. The highest BCUT2D eigenvalue weighted by Gasteiger charge is 2.14. The number of fused-ring (bicyclic) bond motifs is 4. The highest BCUT2D eigenvalue weighted by Crippen LogP contribution is 2.35. The Morgan fingerprint density at radius 2 is 0.562 bits per heavy atom. The fraction of sp³-hybridized carbons (Fsp3) is 0. The van der Waals surface area contributed by atoms with Crippen LogP contribution in [0.15, 0.2) is 176 Å². The van der Waals surface area contributed by atoms with Gasteiger partial charge >= 0.3 is 0 Å². The summed E-state index contributed by atoms with van der Waals surface area (Å²) in [6.07, 6.45) is 0. The lowest BCUT2D eigenvalue weighted by molar-refractivity contribution is 1.07. The summed E-state index contributed by atoms with van der Waals surface area (Å²) in [4.78, 5) is 14.8. The van der Waals surface area contributed by atoms with Crippen molar-refractivity contribution in [2.75, 3.05) is 0 Å². The van der Waals surface area contributed by atoms with Gasteiger partial charge in [0.05, 0.1) is 0 Å². The Hall–Kier alpha value is -6.45. The highest BCUT2D eigenvalue weighted by atomic mass is 15.0. The zero-order chi connectivity index (χ0) is 31.9. The molecule has 0 amide bonds. The van der Waals surface area contributed by atoms with Gasteiger partial charge in [0.15, 0.2) is 17.5 Å². The second-order valence-corrected chi connectivity index (χ2v) is 12.1. The maximum absolute atomic E-state index is 4.98. The van der Waals surface area contributed by atoms with Crippen molar-refractivity contribution in [3.05, 3.63) is 176 Å². The molecule has 0 atom stereocenters. The van der Waals surface area contributed by atoms with Crippen molar-refractivity contribution >= 4 is 32.3 Å². The second kappa shape index (κ2) is 11.7. The van der Waals surface area contributed by atoms with E-state index in [0.717, 1.165) is 16.7 Å². The molecule has 0 N–H and O–H groups in total. The molecule has 9 rings (SSSR count). The minimum Gasteiger partial charge on any atom is -0.208 e. The van der Waals surface area contributed by atoms with Gasteiger partial charge in [-0.05, 0) is 78.8 Å². The van der Waals surface area contributed by atoms with Gasteiger partial charge in [0.1, 0.15) is 0 Å². The van der Waals surface area contributed by atoms with Crippen LogP contribution in [0.3, 0.4) is 0 Å². The molecule has 0 aliphatic heterocycles. The van der Waals surface area contributed by atoms with E-state index in [9.17, 15) is 0 Å². The molecular weight excluding hydrogens is 583 g/mol. The molecule has 48 heavy (non-hydrogen) atoms. The van der Waals surface area contributed by atoms with Crippen LogP contribution in [0.2, 0.25) is 0 Å². The molecular formula is C45H29N3. The average molecular weight is 612 g/mol. The Labute approximate surface area is 278 Å². The molecule has 0 bridgehead atoms. The molecule has 9 aromatic rings. The summed E-state index contributed by atoms with van der Waals surface area (Å²) in [7, 11) is 0. The number of hydrogen-bond acceptors (Lipinski definition) is 3. The predicted octanol–water partition coefficient (Wildman–Crippen LogP) is 11.7. The number of nitrogens with zero attached hydrogens (tertiary/aromatic N) is 3. The third-order valence-electron chi connectivity index (χ3n) is 9.08. The van der Waals surface area contributed by atoms with Crippen LogP contribution in [-0.4, -0.2) is 15.0 Å². The lowest BCUT2D eigenvalue weighted by Gasteiger charge is -2.11. The minimum absolute atomic E-state index is 0.655. The van der Waals surface area contributed by atoms with E-state index in [2.05, 4.69) is 115 Å². The summed E-state index contributed by atoms with van der Waals surface area (Å²) in [5, 5.41) is 7.21. The lowest BCUT2D eigenvalue weighted by atomic mass is 9.94. The van der Waals surface area contributed by atoms with Crippen LogP contribution < -0.4 is 0 Å². The van der Waals surface area contributed by atoms with E-state index >= 15 is 0 Å². The highest BCUT2D eigenvalue weighted by molar-refractivity contribution is 6.10. The van der Waals surface area contributed by atoms with Crippen molar-refractivity contribution in [1.82, 2.24) is 15.0 Å². The van der Waals surface area contributed by atoms with E-state index in [0.29, 0.717) is 17.5 Å². The van der Waals surface area contributed by atoms with Crippen molar-refractivity contribution in [2.45, 2.75) is 0 Å². The zero-order valence-electron chi connectivity index (χ0n) is 26.1. The molecule has 0 aliphatic rings. The summed E-state index contributed by atoms with van der Waals surface area (Å²) in [6, 6.07) is 61.9. The molecule has 3 heteroatoms. The summed E-state index contributed by atoms with van der Waals surface area (Å²) >= 11 is 0. The molecule has 0 spiro atoms. The van der Waals surface area contributed by atoms with Crippen LogP contribution in [0.1, 0.15) is 0 Å². The molecule has 1 aromatic heterocycles. The first kappa shape index (κ1) is 27.8. The van der Waals surface area contributed by atoms with Crippen LogP contribution in [0.4, 0.5) is 0 Å². The quantitative estimate of drug-likeness (QED) is 0.182. The SMILES string of the molecule is c1ccc(-c2ccc3cc(-c4ccc5ccc6ccc(-c7nc(-c8ccccc8)nc(-c8ccccc8)n7)cc6c5c4)ccc3c2)cc1. The lowest BCUT2D eigenvalue weighted by Crippen LogP contribution is -2.00. The largest absolute Gasteiger partial charge is 0.208 e. The van der Waals surface area contributed by atoms with Crippen LogP contribution in [0.5, 0.6) is 0 Å². The van der Waals surface area contributed by atoms with Crippen LogP contribution in [0, 0.1) is 0 Å². The standard InChI is InChI=1S/C45H29N3/c1-4-10-30(11-5-1)35-21-22-37-27-38(24-23-36(37)26-35)39-20-18-31-16-17-32-19-25-40(29-42(32)41(31)28-39)45-47-43(33-12-6-2-7-13-33)46-44(48-45)34-14-8-3-9-15-34/h1-29H. The first-order valence-corrected chi connectivity index (χ1v) is 16.2. The summed E-state index contributed by atoms with van der Waals surface area (Å²) in [5.74, 6) is 1.97.